The van der Waals surface area contributed by atoms with Crippen LogP contribution in [0.2, 0.25) is 0 Å². The Balaban J connectivity index is 2.66. The number of fused-ring (bicyclic) bond motifs is 1. The first-order valence-electron chi connectivity index (χ1n) is 4.49. The van der Waals surface area contributed by atoms with Gasteiger partial charge in [-0.15, -0.1) is 0 Å². The van der Waals surface area contributed by atoms with Crippen molar-refractivity contribution in [3.8, 4) is 0 Å². The number of para-hydroxylation sites is 1. The van der Waals surface area contributed by atoms with Crippen LogP contribution in [0.3, 0.4) is 0 Å². The summed E-state index contributed by atoms with van der Waals surface area (Å²) < 4.78 is 59.1. The maximum absolute atomic E-state index is 12.3. The number of nitrogens with zero attached hydrogens (tertiary/aromatic N) is 1. The van der Waals surface area contributed by atoms with Crippen molar-refractivity contribution >= 4 is 20.7 Å². The fourth-order valence-electron chi connectivity index (χ4n) is 1.32. The molecule has 0 amide bonds. The van der Waals surface area contributed by atoms with E-state index in [1.165, 1.54) is 12.1 Å². The van der Waals surface area contributed by atoms with Crippen molar-refractivity contribution < 1.29 is 21.6 Å². The topological polar surface area (TPSA) is 47.0 Å². The van der Waals surface area contributed by atoms with Gasteiger partial charge in [-0.3, -0.25) is 0 Å². The lowest BCUT2D eigenvalue weighted by Gasteiger charge is -2.07. The van der Waals surface area contributed by atoms with Crippen LogP contribution in [-0.2, 0) is 9.84 Å². The highest BCUT2D eigenvalue weighted by Crippen LogP contribution is 2.29. The number of benzene rings is 1. The smallest absolute Gasteiger partial charge is 0.236 e. The minimum absolute atomic E-state index is 0.206. The van der Waals surface area contributed by atoms with Gasteiger partial charge in [0.05, 0.1) is 5.52 Å². The first kappa shape index (κ1) is 11.8. The molecule has 0 aliphatic heterocycles. The van der Waals surface area contributed by atoms with E-state index in [2.05, 4.69) is 4.98 Å². The van der Waals surface area contributed by atoms with Crippen LogP contribution in [0, 0.1) is 0 Å². The van der Waals surface area contributed by atoms with Gasteiger partial charge >= 0.3 is 5.51 Å². The van der Waals surface area contributed by atoms with Crippen LogP contribution >= 0.6 is 0 Å². The number of rotatable bonds is 1. The van der Waals surface area contributed by atoms with E-state index in [1.54, 1.807) is 18.2 Å². The zero-order chi connectivity index (χ0) is 12.7. The van der Waals surface area contributed by atoms with E-state index in [0.717, 1.165) is 6.07 Å². The molecule has 0 aliphatic carbocycles. The molecule has 1 aromatic heterocycles. The number of halogens is 3. The molecule has 1 heterocycles. The minimum atomic E-state index is -5.38. The van der Waals surface area contributed by atoms with E-state index in [1.807, 2.05) is 0 Å². The lowest BCUT2D eigenvalue weighted by Crippen LogP contribution is -2.24. The third-order valence-corrected chi connectivity index (χ3v) is 3.54. The summed E-state index contributed by atoms with van der Waals surface area (Å²) in [6, 6.07) is 8.48. The summed E-state index contributed by atoms with van der Waals surface area (Å²) in [5.41, 5.74) is -5.12. The lowest BCUT2D eigenvalue weighted by atomic mass is 10.2. The molecule has 0 spiro atoms. The predicted octanol–water partition coefficient (Wildman–Crippen LogP) is 2.53. The maximum atomic E-state index is 12.3. The van der Waals surface area contributed by atoms with Crippen molar-refractivity contribution in [2.75, 3.05) is 0 Å². The van der Waals surface area contributed by atoms with Crippen molar-refractivity contribution in [3.05, 3.63) is 36.4 Å². The monoisotopic (exact) mass is 261 g/mol. The Morgan fingerprint density at radius 1 is 1.00 bits per heavy atom. The SMILES string of the molecule is O=S(=O)(c1ccc2ccccc2n1)C(F)(F)F. The highest BCUT2D eigenvalue weighted by atomic mass is 32.2. The van der Waals surface area contributed by atoms with Crippen molar-refractivity contribution in [1.82, 2.24) is 4.98 Å². The average Bonchev–Trinajstić information content (AvgIpc) is 2.27. The Morgan fingerprint density at radius 3 is 2.29 bits per heavy atom. The molecule has 0 radical (unpaired) electrons. The first-order chi connectivity index (χ1) is 7.82. The summed E-state index contributed by atoms with van der Waals surface area (Å²) in [4.78, 5) is 3.51. The minimum Gasteiger partial charge on any atom is -0.236 e. The Labute approximate surface area is 94.8 Å². The summed E-state index contributed by atoms with van der Waals surface area (Å²) in [5, 5.41) is -0.405. The molecule has 7 heteroatoms. The summed E-state index contributed by atoms with van der Waals surface area (Å²) in [7, 11) is -5.38. The van der Waals surface area contributed by atoms with Gasteiger partial charge in [0.25, 0.3) is 9.84 Å². The van der Waals surface area contributed by atoms with Crippen LogP contribution in [0.15, 0.2) is 41.4 Å². The number of sulfone groups is 1. The summed E-state index contributed by atoms with van der Waals surface area (Å²) in [6.45, 7) is 0. The van der Waals surface area contributed by atoms with Gasteiger partial charge in [-0.2, -0.15) is 13.2 Å². The van der Waals surface area contributed by atoms with Gasteiger partial charge in [0.1, 0.15) is 0 Å². The van der Waals surface area contributed by atoms with E-state index >= 15 is 0 Å². The number of hydrogen-bond donors (Lipinski definition) is 0. The van der Waals surface area contributed by atoms with Crippen LogP contribution in [0.4, 0.5) is 13.2 Å². The van der Waals surface area contributed by atoms with Crippen LogP contribution in [-0.4, -0.2) is 18.9 Å². The van der Waals surface area contributed by atoms with Crippen molar-refractivity contribution in [2.24, 2.45) is 0 Å². The van der Waals surface area contributed by atoms with Crippen LogP contribution < -0.4 is 0 Å². The highest BCUT2D eigenvalue weighted by Gasteiger charge is 2.47. The molecule has 0 saturated carbocycles. The van der Waals surface area contributed by atoms with Gasteiger partial charge in [-0.1, -0.05) is 18.2 Å². The molecule has 90 valence electrons. The van der Waals surface area contributed by atoms with Crippen LogP contribution in [0.5, 0.6) is 0 Å². The molecule has 0 unspecified atom stereocenters. The van der Waals surface area contributed by atoms with Gasteiger partial charge in [-0.25, -0.2) is 13.4 Å². The summed E-state index contributed by atoms with van der Waals surface area (Å²) in [5.74, 6) is 0. The number of aromatic nitrogens is 1. The van der Waals surface area contributed by atoms with Crippen LogP contribution in [0.1, 0.15) is 0 Å². The Morgan fingerprint density at radius 2 is 1.65 bits per heavy atom. The van der Waals surface area contributed by atoms with E-state index < -0.39 is 20.4 Å². The molecule has 17 heavy (non-hydrogen) atoms. The fraction of sp³-hybridized carbons (Fsp3) is 0.100. The second-order valence-corrected chi connectivity index (χ2v) is 5.18. The zero-order valence-corrected chi connectivity index (χ0v) is 9.09. The van der Waals surface area contributed by atoms with Crippen molar-refractivity contribution in [3.63, 3.8) is 0 Å². The summed E-state index contributed by atoms with van der Waals surface area (Å²) in [6.07, 6.45) is 0. The average molecular weight is 261 g/mol. The molecule has 2 aromatic rings. The number of pyridine rings is 1. The number of alkyl halides is 3. The van der Waals surface area contributed by atoms with Gasteiger partial charge in [-0.05, 0) is 18.2 Å². The van der Waals surface area contributed by atoms with Crippen LogP contribution in [0.25, 0.3) is 10.9 Å². The Hall–Kier alpha value is -1.63. The molecule has 0 N–H and O–H groups in total. The van der Waals surface area contributed by atoms with Crippen molar-refractivity contribution in [2.45, 2.75) is 10.5 Å². The van der Waals surface area contributed by atoms with E-state index in [9.17, 15) is 21.6 Å². The molecule has 0 atom stereocenters. The molecule has 0 fully saturated rings. The molecular formula is C10H6F3NO2S. The quantitative estimate of drug-likeness (QED) is 0.792. The first-order valence-corrected chi connectivity index (χ1v) is 5.98. The molecule has 0 aliphatic rings. The third-order valence-electron chi connectivity index (χ3n) is 2.15. The molecule has 0 bridgehead atoms. The van der Waals surface area contributed by atoms with E-state index in [4.69, 9.17) is 0 Å². The molecule has 0 saturated heterocycles. The highest BCUT2D eigenvalue weighted by molar-refractivity contribution is 7.92. The van der Waals surface area contributed by atoms with Crippen molar-refractivity contribution in [1.29, 1.82) is 0 Å². The van der Waals surface area contributed by atoms with E-state index in [0.29, 0.717) is 5.39 Å². The predicted molar refractivity (Wildman–Crippen MR) is 55.0 cm³/mol. The summed E-state index contributed by atoms with van der Waals surface area (Å²) >= 11 is 0. The zero-order valence-electron chi connectivity index (χ0n) is 8.27. The second kappa shape index (κ2) is 3.69. The Kier molecular flexibility index (Phi) is 2.57. The third kappa shape index (κ3) is 1.97. The normalized spacial score (nSPS) is 12.9. The standard InChI is InChI=1S/C10H6F3NO2S/c11-10(12,13)17(15,16)9-6-5-7-3-1-2-4-8(7)14-9/h1-6H. The largest absolute Gasteiger partial charge is 0.503 e. The molecule has 3 nitrogen and oxygen atoms in total. The second-order valence-electron chi connectivity index (χ2n) is 3.29. The van der Waals surface area contributed by atoms with Gasteiger partial charge in [0.15, 0.2) is 5.03 Å². The molecule has 1 aromatic carbocycles. The van der Waals surface area contributed by atoms with E-state index in [-0.39, 0.29) is 5.52 Å². The molecule has 2 rings (SSSR count). The van der Waals surface area contributed by atoms with Gasteiger partial charge < -0.3 is 0 Å². The lowest BCUT2D eigenvalue weighted by molar-refractivity contribution is -0.0437. The van der Waals surface area contributed by atoms with Gasteiger partial charge in [0.2, 0.25) is 0 Å². The molecular weight excluding hydrogens is 255 g/mol. The van der Waals surface area contributed by atoms with Gasteiger partial charge in [0, 0.05) is 5.39 Å². The Bertz CT molecular complexity index is 665. The maximum Gasteiger partial charge on any atom is 0.503 e. The fourth-order valence-corrected chi connectivity index (χ4v) is 2.02. The number of hydrogen-bond acceptors (Lipinski definition) is 3.